The second-order valence-corrected chi connectivity index (χ2v) is 6.51. The fourth-order valence-electron chi connectivity index (χ4n) is 3.27. The van der Waals surface area contributed by atoms with E-state index < -0.39 is 0 Å². The highest BCUT2D eigenvalue weighted by molar-refractivity contribution is 5.02. The smallest absolute Gasteiger partial charge is 0.229 e. The Balaban J connectivity index is 1.40. The number of aromatic nitrogens is 5. The van der Waals surface area contributed by atoms with Gasteiger partial charge < -0.3 is 14.9 Å². The van der Waals surface area contributed by atoms with Gasteiger partial charge in [-0.05, 0) is 25.7 Å². The summed E-state index contributed by atoms with van der Waals surface area (Å²) in [6, 6.07) is 0.561. The summed E-state index contributed by atoms with van der Waals surface area (Å²) < 4.78 is 7.18. The number of nitrogens with one attached hydrogen (secondary N) is 1. The molecular formula is C15H22N6O2. The van der Waals surface area contributed by atoms with Crippen molar-refractivity contribution in [2.45, 2.75) is 69.7 Å². The molecule has 0 spiro atoms. The van der Waals surface area contributed by atoms with Crippen molar-refractivity contribution in [1.29, 1.82) is 0 Å². The molecule has 23 heavy (non-hydrogen) atoms. The fourth-order valence-corrected chi connectivity index (χ4v) is 3.27. The predicted octanol–water partition coefficient (Wildman–Crippen LogP) is 1.30. The molecule has 2 aromatic rings. The second-order valence-electron chi connectivity index (χ2n) is 6.51. The van der Waals surface area contributed by atoms with Crippen LogP contribution in [0.3, 0.4) is 0 Å². The Kier molecular flexibility index (Phi) is 4.09. The molecular weight excluding hydrogens is 296 g/mol. The van der Waals surface area contributed by atoms with Crippen molar-refractivity contribution >= 4 is 0 Å². The number of aliphatic hydroxyl groups excluding tert-OH is 1. The van der Waals surface area contributed by atoms with E-state index in [0.717, 1.165) is 24.6 Å². The maximum Gasteiger partial charge on any atom is 0.229 e. The SMILES string of the molecule is OCc1cn([C@@H]2CCCC[C@@H]2NCc2noc(C3CC3)n2)nn1. The molecule has 0 radical (unpaired) electrons. The topological polar surface area (TPSA) is 102 Å². The fraction of sp³-hybridized carbons (Fsp3) is 0.733. The molecule has 0 unspecified atom stereocenters. The van der Waals surface area contributed by atoms with Crippen LogP contribution in [-0.4, -0.2) is 36.3 Å². The molecule has 2 fully saturated rings. The number of hydrogen-bond acceptors (Lipinski definition) is 7. The van der Waals surface area contributed by atoms with E-state index in [0.29, 0.717) is 24.2 Å². The molecule has 2 aliphatic rings. The van der Waals surface area contributed by atoms with E-state index in [2.05, 4.69) is 25.8 Å². The third kappa shape index (κ3) is 3.28. The van der Waals surface area contributed by atoms with E-state index in [1.807, 2.05) is 10.9 Å². The van der Waals surface area contributed by atoms with Crippen molar-refractivity contribution in [3.63, 3.8) is 0 Å². The van der Waals surface area contributed by atoms with Gasteiger partial charge >= 0.3 is 0 Å². The van der Waals surface area contributed by atoms with Crippen molar-refractivity contribution in [1.82, 2.24) is 30.5 Å². The molecule has 8 nitrogen and oxygen atoms in total. The minimum atomic E-state index is -0.0718. The van der Waals surface area contributed by atoms with Gasteiger partial charge in [0.15, 0.2) is 5.82 Å². The number of nitrogens with zero attached hydrogens (tertiary/aromatic N) is 5. The Morgan fingerprint density at radius 3 is 2.91 bits per heavy atom. The molecule has 2 aromatic heterocycles. The highest BCUT2D eigenvalue weighted by atomic mass is 16.5. The van der Waals surface area contributed by atoms with Crippen LogP contribution < -0.4 is 5.32 Å². The molecule has 2 aliphatic carbocycles. The van der Waals surface area contributed by atoms with Gasteiger partial charge in [-0.25, -0.2) is 4.68 Å². The summed E-state index contributed by atoms with van der Waals surface area (Å²) in [6.45, 7) is 0.538. The molecule has 8 heteroatoms. The average Bonchev–Trinajstić information content (AvgIpc) is 3.14. The summed E-state index contributed by atoms with van der Waals surface area (Å²) in [5.74, 6) is 2.00. The van der Waals surface area contributed by atoms with Gasteiger partial charge in [0, 0.05) is 12.0 Å². The number of rotatable bonds is 6. The van der Waals surface area contributed by atoms with E-state index in [-0.39, 0.29) is 12.6 Å². The first-order chi connectivity index (χ1) is 11.3. The van der Waals surface area contributed by atoms with Gasteiger partial charge in [-0.1, -0.05) is 23.2 Å². The Labute approximate surface area is 134 Å². The maximum atomic E-state index is 9.16. The maximum absolute atomic E-state index is 9.16. The molecule has 2 saturated carbocycles. The average molecular weight is 318 g/mol. The molecule has 0 saturated heterocycles. The van der Waals surface area contributed by atoms with Crippen molar-refractivity contribution in [2.24, 2.45) is 0 Å². The van der Waals surface area contributed by atoms with Crippen LogP contribution >= 0.6 is 0 Å². The van der Waals surface area contributed by atoms with Crippen LogP contribution in [-0.2, 0) is 13.2 Å². The summed E-state index contributed by atoms with van der Waals surface area (Å²) in [6.07, 6.45) is 8.71. The lowest BCUT2D eigenvalue weighted by molar-refractivity contribution is 0.240. The Bertz CT molecular complexity index is 650. The van der Waals surface area contributed by atoms with Gasteiger partial charge in [-0.3, -0.25) is 0 Å². The van der Waals surface area contributed by atoms with Gasteiger partial charge in [0.2, 0.25) is 5.89 Å². The predicted molar refractivity (Wildman–Crippen MR) is 80.4 cm³/mol. The van der Waals surface area contributed by atoms with Crippen LogP contribution in [0.25, 0.3) is 0 Å². The van der Waals surface area contributed by atoms with Crippen LogP contribution in [0.15, 0.2) is 10.7 Å². The minimum absolute atomic E-state index is 0.0718. The van der Waals surface area contributed by atoms with Crippen molar-refractivity contribution in [3.8, 4) is 0 Å². The Morgan fingerprint density at radius 1 is 1.26 bits per heavy atom. The van der Waals surface area contributed by atoms with E-state index in [4.69, 9.17) is 9.63 Å². The van der Waals surface area contributed by atoms with Crippen LogP contribution in [0.1, 0.15) is 67.9 Å². The lowest BCUT2D eigenvalue weighted by Crippen LogP contribution is -2.40. The lowest BCUT2D eigenvalue weighted by Gasteiger charge is -2.31. The summed E-state index contributed by atoms with van der Waals surface area (Å²) in [7, 11) is 0. The normalized spacial score (nSPS) is 24.9. The number of hydrogen-bond donors (Lipinski definition) is 2. The zero-order valence-corrected chi connectivity index (χ0v) is 13.1. The summed E-state index contributed by atoms with van der Waals surface area (Å²) in [5.41, 5.74) is 0.613. The first kappa shape index (κ1) is 14.8. The summed E-state index contributed by atoms with van der Waals surface area (Å²) >= 11 is 0. The highest BCUT2D eigenvalue weighted by Crippen LogP contribution is 2.38. The zero-order chi connectivity index (χ0) is 15.6. The molecule has 2 atom stereocenters. The molecule has 4 rings (SSSR count). The van der Waals surface area contributed by atoms with Gasteiger partial charge in [-0.2, -0.15) is 4.98 Å². The second kappa shape index (κ2) is 6.37. The van der Waals surface area contributed by atoms with Crippen molar-refractivity contribution in [3.05, 3.63) is 23.6 Å². The molecule has 2 N–H and O–H groups in total. The minimum Gasteiger partial charge on any atom is -0.390 e. The third-order valence-electron chi connectivity index (χ3n) is 4.72. The summed E-state index contributed by atoms with van der Waals surface area (Å²) in [5, 5.41) is 24.9. The standard InChI is InChI=1S/C15H22N6O2/c22-9-11-8-21(20-18-11)13-4-2-1-3-12(13)16-7-14-17-15(23-19-14)10-5-6-10/h8,10,12-13,16,22H,1-7,9H2/t12-,13+/m0/s1. The van der Waals surface area contributed by atoms with Crippen molar-refractivity contribution < 1.29 is 9.63 Å². The Hall–Kier alpha value is -1.80. The quantitative estimate of drug-likeness (QED) is 0.827. The first-order valence-corrected chi connectivity index (χ1v) is 8.41. The molecule has 0 aromatic carbocycles. The van der Waals surface area contributed by atoms with E-state index >= 15 is 0 Å². The zero-order valence-electron chi connectivity index (χ0n) is 13.1. The summed E-state index contributed by atoms with van der Waals surface area (Å²) in [4.78, 5) is 4.46. The molecule has 0 amide bonds. The van der Waals surface area contributed by atoms with Crippen molar-refractivity contribution in [2.75, 3.05) is 0 Å². The largest absolute Gasteiger partial charge is 0.390 e. The molecule has 0 aliphatic heterocycles. The monoisotopic (exact) mass is 318 g/mol. The molecule has 124 valence electrons. The lowest BCUT2D eigenvalue weighted by atomic mass is 9.90. The Morgan fingerprint density at radius 2 is 2.13 bits per heavy atom. The van der Waals surface area contributed by atoms with Gasteiger partial charge in [0.05, 0.1) is 25.4 Å². The van der Waals surface area contributed by atoms with Gasteiger partial charge in [0.1, 0.15) is 5.69 Å². The van der Waals surface area contributed by atoms with E-state index in [1.54, 1.807) is 0 Å². The van der Waals surface area contributed by atoms with Gasteiger partial charge in [-0.15, -0.1) is 5.10 Å². The van der Waals surface area contributed by atoms with E-state index in [1.165, 1.54) is 25.7 Å². The van der Waals surface area contributed by atoms with Crippen LogP contribution in [0.5, 0.6) is 0 Å². The first-order valence-electron chi connectivity index (χ1n) is 8.41. The van der Waals surface area contributed by atoms with Crippen LogP contribution in [0.2, 0.25) is 0 Å². The molecule has 2 heterocycles. The number of aliphatic hydroxyl groups is 1. The third-order valence-corrected chi connectivity index (χ3v) is 4.72. The highest BCUT2D eigenvalue weighted by Gasteiger charge is 2.30. The van der Waals surface area contributed by atoms with E-state index in [9.17, 15) is 0 Å². The van der Waals surface area contributed by atoms with Crippen LogP contribution in [0.4, 0.5) is 0 Å². The molecule has 0 bridgehead atoms. The van der Waals surface area contributed by atoms with Gasteiger partial charge in [0.25, 0.3) is 0 Å². The van der Waals surface area contributed by atoms with Crippen LogP contribution in [0, 0.1) is 0 Å².